The molecule has 2 aromatic heterocycles. The van der Waals surface area contributed by atoms with Crippen molar-refractivity contribution < 1.29 is 4.79 Å². The van der Waals surface area contributed by atoms with Gasteiger partial charge in [0.05, 0.1) is 16.7 Å². The number of carbonyl (C=O) groups is 1. The van der Waals surface area contributed by atoms with Crippen molar-refractivity contribution in [3.63, 3.8) is 0 Å². The molecular weight excluding hydrogens is 426 g/mol. The molecule has 1 fully saturated rings. The van der Waals surface area contributed by atoms with Crippen LogP contribution in [0.1, 0.15) is 10.4 Å². The molecule has 3 heterocycles. The summed E-state index contributed by atoms with van der Waals surface area (Å²) in [6.07, 6.45) is 0. The number of hydrogen-bond donors (Lipinski definition) is 3. The highest BCUT2D eigenvalue weighted by molar-refractivity contribution is 5.97. The van der Waals surface area contributed by atoms with Crippen LogP contribution in [0.5, 0.6) is 0 Å². The third kappa shape index (κ3) is 3.48. The minimum atomic E-state index is -0.429. The number of benzene rings is 3. The summed E-state index contributed by atoms with van der Waals surface area (Å²) >= 11 is 0. The number of aromatic amines is 2. The number of carbonyl (C=O) groups excluding carboxylic acids is 1. The van der Waals surface area contributed by atoms with Crippen LogP contribution in [0, 0.1) is 0 Å². The number of nitrogens with two attached hydrogens (primary N) is 1. The number of likely N-dealkylation sites (N-methyl/N-ethyl adjacent to an activating group) is 1. The Morgan fingerprint density at radius 1 is 0.941 bits per heavy atom. The van der Waals surface area contributed by atoms with E-state index in [0.29, 0.717) is 5.56 Å². The van der Waals surface area contributed by atoms with Gasteiger partial charge in [0, 0.05) is 37.1 Å². The first-order chi connectivity index (χ1) is 16.6. The predicted octanol–water partition coefficient (Wildman–Crippen LogP) is 3.62. The van der Waals surface area contributed by atoms with E-state index in [0.717, 1.165) is 76.4 Å². The number of hydrogen-bond acceptors (Lipinski definition) is 5. The van der Waals surface area contributed by atoms with Crippen LogP contribution in [0.3, 0.4) is 0 Å². The summed E-state index contributed by atoms with van der Waals surface area (Å²) in [5.41, 5.74) is 12.7. The highest BCUT2D eigenvalue weighted by Crippen LogP contribution is 2.32. The number of nitrogens with zero attached hydrogens (tertiary/aromatic N) is 4. The third-order valence-electron chi connectivity index (χ3n) is 6.63. The Balaban J connectivity index is 1.36. The highest BCUT2D eigenvalue weighted by Gasteiger charge is 2.20. The molecule has 1 aliphatic heterocycles. The summed E-state index contributed by atoms with van der Waals surface area (Å²) in [5, 5.41) is 8.74. The number of aromatic nitrogens is 4. The Labute approximate surface area is 196 Å². The van der Waals surface area contributed by atoms with Crippen molar-refractivity contribution in [3.8, 4) is 22.6 Å². The van der Waals surface area contributed by atoms with Crippen LogP contribution in [-0.4, -0.2) is 64.2 Å². The van der Waals surface area contributed by atoms with Gasteiger partial charge < -0.3 is 20.5 Å². The Kier molecular flexibility index (Phi) is 4.81. The molecule has 1 aliphatic rings. The van der Waals surface area contributed by atoms with Crippen molar-refractivity contribution in [1.29, 1.82) is 0 Å². The first-order valence-corrected chi connectivity index (χ1v) is 11.4. The average molecular weight is 452 g/mol. The lowest BCUT2D eigenvalue weighted by atomic mass is 10.0. The molecule has 0 aliphatic carbocycles. The molecule has 8 nitrogen and oxygen atoms in total. The molecule has 0 spiro atoms. The van der Waals surface area contributed by atoms with Crippen LogP contribution in [-0.2, 0) is 0 Å². The number of primary amides is 1. The zero-order valence-corrected chi connectivity index (χ0v) is 18.9. The summed E-state index contributed by atoms with van der Waals surface area (Å²) in [4.78, 5) is 24.5. The van der Waals surface area contributed by atoms with E-state index in [9.17, 15) is 4.79 Å². The van der Waals surface area contributed by atoms with E-state index in [4.69, 9.17) is 10.7 Å². The van der Waals surface area contributed by atoms with Crippen molar-refractivity contribution in [3.05, 3.63) is 66.2 Å². The molecule has 170 valence electrons. The van der Waals surface area contributed by atoms with Gasteiger partial charge in [-0.25, -0.2) is 4.98 Å². The maximum atomic E-state index is 11.3. The molecule has 6 rings (SSSR count). The molecule has 0 saturated carbocycles. The molecule has 0 bridgehead atoms. The molecule has 1 amide bonds. The van der Waals surface area contributed by atoms with Crippen LogP contribution in [0.15, 0.2) is 60.7 Å². The Bertz CT molecular complexity index is 1510. The third-order valence-corrected chi connectivity index (χ3v) is 6.63. The van der Waals surface area contributed by atoms with E-state index in [1.54, 1.807) is 12.1 Å². The fraction of sp³-hybridized carbons (Fsp3) is 0.192. The van der Waals surface area contributed by atoms with Gasteiger partial charge in [0.15, 0.2) is 5.82 Å². The van der Waals surface area contributed by atoms with Gasteiger partial charge in [0.25, 0.3) is 0 Å². The number of fused-ring (bicyclic) bond motifs is 2. The number of anilines is 1. The molecule has 3 aromatic carbocycles. The lowest BCUT2D eigenvalue weighted by Gasteiger charge is -2.34. The molecule has 5 aromatic rings. The number of para-hydroxylation sites is 1. The van der Waals surface area contributed by atoms with Crippen LogP contribution in [0.2, 0.25) is 0 Å². The lowest BCUT2D eigenvalue weighted by Crippen LogP contribution is -2.44. The predicted molar refractivity (Wildman–Crippen MR) is 135 cm³/mol. The van der Waals surface area contributed by atoms with E-state index in [1.165, 1.54) is 0 Å². The smallest absolute Gasteiger partial charge is 0.248 e. The minimum absolute atomic E-state index is 0.429. The number of nitrogens with one attached hydrogen (secondary N) is 2. The molecule has 0 atom stereocenters. The van der Waals surface area contributed by atoms with E-state index in [-0.39, 0.29) is 0 Å². The maximum absolute atomic E-state index is 11.3. The average Bonchev–Trinajstić information content (AvgIpc) is 3.48. The fourth-order valence-corrected chi connectivity index (χ4v) is 4.64. The van der Waals surface area contributed by atoms with Gasteiger partial charge in [0.2, 0.25) is 5.91 Å². The number of imidazole rings is 1. The largest absolute Gasteiger partial charge is 0.367 e. The first-order valence-electron chi connectivity index (χ1n) is 11.4. The van der Waals surface area contributed by atoms with E-state index >= 15 is 0 Å². The SMILES string of the molecule is CN1CCN(c2cccc3[nH]c(-c4n[nH]c5cc(-c6ccc(C(N)=O)cc6)ccc45)nc23)CC1. The summed E-state index contributed by atoms with van der Waals surface area (Å²) in [6.45, 7) is 4.08. The van der Waals surface area contributed by atoms with Gasteiger partial charge in [-0.2, -0.15) is 5.10 Å². The lowest BCUT2D eigenvalue weighted by molar-refractivity contribution is 0.100. The molecule has 34 heavy (non-hydrogen) atoms. The molecule has 4 N–H and O–H groups in total. The molecule has 8 heteroatoms. The van der Waals surface area contributed by atoms with Crippen LogP contribution in [0.25, 0.3) is 44.6 Å². The Hall–Kier alpha value is -4.17. The number of rotatable bonds is 4. The normalized spacial score (nSPS) is 14.8. The Morgan fingerprint density at radius 3 is 2.47 bits per heavy atom. The molecular formula is C26H25N7O. The Morgan fingerprint density at radius 2 is 1.71 bits per heavy atom. The second-order valence-electron chi connectivity index (χ2n) is 8.82. The van der Waals surface area contributed by atoms with Gasteiger partial charge in [-0.05, 0) is 54.6 Å². The van der Waals surface area contributed by atoms with E-state index < -0.39 is 5.91 Å². The second-order valence-corrected chi connectivity index (χ2v) is 8.82. The molecule has 0 unspecified atom stereocenters. The van der Waals surface area contributed by atoms with Crippen molar-refractivity contribution in [1.82, 2.24) is 25.1 Å². The topological polar surface area (TPSA) is 107 Å². The van der Waals surface area contributed by atoms with Gasteiger partial charge in [-0.3, -0.25) is 9.89 Å². The number of amides is 1. The van der Waals surface area contributed by atoms with Gasteiger partial charge >= 0.3 is 0 Å². The maximum Gasteiger partial charge on any atom is 0.248 e. The van der Waals surface area contributed by atoms with Crippen LogP contribution < -0.4 is 10.6 Å². The quantitative estimate of drug-likeness (QED) is 0.387. The molecule has 1 saturated heterocycles. The fourth-order valence-electron chi connectivity index (χ4n) is 4.64. The van der Waals surface area contributed by atoms with Crippen molar-refractivity contribution in [2.75, 3.05) is 38.1 Å². The summed E-state index contributed by atoms with van der Waals surface area (Å²) in [7, 11) is 2.16. The van der Waals surface area contributed by atoms with E-state index in [2.05, 4.69) is 68.4 Å². The van der Waals surface area contributed by atoms with Gasteiger partial charge in [-0.15, -0.1) is 0 Å². The monoisotopic (exact) mass is 451 g/mol. The molecule has 0 radical (unpaired) electrons. The summed E-state index contributed by atoms with van der Waals surface area (Å²) in [6, 6.07) is 19.7. The van der Waals surface area contributed by atoms with Gasteiger partial charge in [0.1, 0.15) is 11.2 Å². The van der Waals surface area contributed by atoms with Crippen molar-refractivity contribution in [2.24, 2.45) is 5.73 Å². The zero-order chi connectivity index (χ0) is 23.2. The highest BCUT2D eigenvalue weighted by atomic mass is 16.1. The number of piperazine rings is 1. The summed E-state index contributed by atoms with van der Waals surface area (Å²) < 4.78 is 0. The van der Waals surface area contributed by atoms with Crippen LogP contribution >= 0.6 is 0 Å². The first kappa shape index (κ1) is 20.4. The van der Waals surface area contributed by atoms with E-state index in [1.807, 2.05) is 12.1 Å². The van der Waals surface area contributed by atoms with Crippen molar-refractivity contribution >= 4 is 33.5 Å². The minimum Gasteiger partial charge on any atom is -0.367 e. The van der Waals surface area contributed by atoms with Gasteiger partial charge in [-0.1, -0.05) is 24.3 Å². The number of H-pyrrole nitrogens is 2. The van der Waals surface area contributed by atoms with Crippen molar-refractivity contribution in [2.45, 2.75) is 0 Å². The second kappa shape index (κ2) is 8.00. The summed E-state index contributed by atoms with van der Waals surface area (Å²) in [5.74, 6) is 0.322. The standard InChI is InChI=1S/C26H25N7O/c1-32-11-13-33(14-12-32)22-4-2-3-20-24(22)29-26(28-20)23-19-10-9-18(15-21(19)30-31-23)16-5-7-17(8-6-16)25(27)34/h2-10,15H,11-14H2,1H3,(H2,27,34)(H,28,29)(H,30,31). The van der Waals surface area contributed by atoms with Crippen LogP contribution in [0.4, 0.5) is 5.69 Å². The zero-order valence-electron chi connectivity index (χ0n) is 18.9.